The summed E-state index contributed by atoms with van der Waals surface area (Å²) in [5.41, 5.74) is 2.56. The third-order valence-electron chi connectivity index (χ3n) is 6.15. The number of benzene rings is 2. The van der Waals surface area contributed by atoms with Crippen molar-refractivity contribution in [3.8, 4) is 0 Å². The minimum Gasteiger partial charge on any atom is -0.364 e. The number of aryl methyl sites for hydroxylation is 3. The number of rotatable bonds is 4. The normalized spacial score (nSPS) is 15.4. The number of hydrogen-bond donors (Lipinski definition) is 0. The molecule has 1 aliphatic carbocycles. The topological polar surface area (TPSA) is 90.7 Å². The van der Waals surface area contributed by atoms with Gasteiger partial charge in [0.25, 0.3) is 5.56 Å². The highest BCUT2D eigenvalue weighted by Crippen LogP contribution is 2.39. The molecule has 4 rings (SSSR count). The summed E-state index contributed by atoms with van der Waals surface area (Å²) in [5.74, 6) is -0.662. The molecule has 178 valence electrons. The predicted octanol–water partition coefficient (Wildman–Crippen LogP) is 3.71. The summed E-state index contributed by atoms with van der Waals surface area (Å²) in [6.45, 7) is 8.66. The zero-order chi connectivity index (χ0) is 24.8. The lowest BCUT2D eigenvalue weighted by Crippen LogP contribution is -2.39. The minimum atomic E-state index is -0.774. The molecule has 0 saturated heterocycles. The van der Waals surface area contributed by atoms with E-state index >= 15 is 0 Å². The Morgan fingerprint density at radius 1 is 1.15 bits per heavy atom. The fraction of sp³-hybridized carbons (Fsp3) is 0.385. The zero-order valence-electron chi connectivity index (χ0n) is 20.3. The van der Waals surface area contributed by atoms with Gasteiger partial charge in [0.05, 0.1) is 27.9 Å². The van der Waals surface area contributed by atoms with Crippen molar-refractivity contribution in [3.63, 3.8) is 0 Å². The molecule has 0 radical (unpaired) electrons. The van der Waals surface area contributed by atoms with Crippen LogP contribution in [0.15, 0.2) is 41.2 Å². The van der Waals surface area contributed by atoms with Crippen molar-refractivity contribution in [2.24, 2.45) is 5.41 Å². The van der Waals surface area contributed by atoms with Gasteiger partial charge < -0.3 is 9.68 Å². The predicted molar refractivity (Wildman–Crippen MR) is 127 cm³/mol. The molecule has 0 amide bonds. The fourth-order valence-electron chi connectivity index (χ4n) is 4.33. The van der Waals surface area contributed by atoms with Crippen LogP contribution in [0.25, 0.3) is 10.9 Å². The number of fused-ring (bicyclic) bond motifs is 2. The van der Waals surface area contributed by atoms with Gasteiger partial charge in [-0.25, -0.2) is 14.6 Å². The van der Waals surface area contributed by atoms with Crippen molar-refractivity contribution >= 4 is 22.8 Å². The van der Waals surface area contributed by atoms with Crippen LogP contribution in [0.5, 0.6) is 0 Å². The number of hydrogen-bond acceptors (Lipinski definition) is 7. The Bertz CT molecular complexity index is 1340. The molecule has 0 spiro atoms. The van der Waals surface area contributed by atoms with E-state index in [9.17, 15) is 14.4 Å². The molecular formula is C26H29N3O5. The maximum absolute atomic E-state index is 13.4. The fourth-order valence-corrected chi connectivity index (χ4v) is 4.33. The SMILES string of the molecule is Cc1c2c(cc3nc(C)n(OC(=O)C(C)(C)C)c(=O)c13)CCC2N(C)OC(=O)c1ccccc1. The molecule has 1 aliphatic rings. The molecule has 34 heavy (non-hydrogen) atoms. The summed E-state index contributed by atoms with van der Waals surface area (Å²) in [4.78, 5) is 54.0. The largest absolute Gasteiger partial charge is 0.364 e. The molecule has 2 aromatic carbocycles. The first kappa shape index (κ1) is 23.6. The van der Waals surface area contributed by atoms with E-state index in [4.69, 9.17) is 9.68 Å². The Labute approximate surface area is 198 Å². The van der Waals surface area contributed by atoms with Crippen LogP contribution < -0.4 is 10.4 Å². The first-order valence-electron chi connectivity index (χ1n) is 11.3. The second-order valence-corrected chi connectivity index (χ2v) is 9.70. The van der Waals surface area contributed by atoms with Crippen molar-refractivity contribution < 1.29 is 19.3 Å². The average molecular weight is 464 g/mol. The van der Waals surface area contributed by atoms with Crippen molar-refractivity contribution in [1.82, 2.24) is 14.8 Å². The van der Waals surface area contributed by atoms with E-state index in [1.54, 1.807) is 64.1 Å². The highest BCUT2D eigenvalue weighted by molar-refractivity contribution is 5.89. The van der Waals surface area contributed by atoms with Crippen molar-refractivity contribution in [3.05, 3.63) is 74.8 Å². The van der Waals surface area contributed by atoms with E-state index < -0.39 is 22.9 Å². The van der Waals surface area contributed by atoms with Gasteiger partial charge in [0.1, 0.15) is 5.82 Å². The van der Waals surface area contributed by atoms with Crippen LogP contribution >= 0.6 is 0 Å². The first-order valence-corrected chi connectivity index (χ1v) is 11.3. The first-order chi connectivity index (χ1) is 16.0. The smallest absolute Gasteiger partial charge is 0.357 e. The lowest BCUT2D eigenvalue weighted by atomic mass is 9.97. The number of carbonyl (C=O) groups is 2. The quantitative estimate of drug-likeness (QED) is 0.545. The molecule has 8 nitrogen and oxygen atoms in total. The molecule has 0 fully saturated rings. The second-order valence-electron chi connectivity index (χ2n) is 9.70. The molecule has 1 atom stereocenters. The molecule has 0 aliphatic heterocycles. The second kappa shape index (κ2) is 8.68. The molecule has 0 saturated carbocycles. The van der Waals surface area contributed by atoms with Crippen molar-refractivity contribution in [1.29, 1.82) is 0 Å². The van der Waals surface area contributed by atoms with Gasteiger partial charge in [-0.1, -0.05) is 18.2 Å². The summed E-state index contributed by atoms with van der Waals surface area (Å²) in [6, 6.07) is 10.5. The highest BCUT2D eigenvalue weighted by Gasteiger charge is 2.33. The Balaban J connectivity index is 1.73. The lowest BCUT2D eigenvalue weighted by Gasteiger charge is -2.25. The van der Waals surface area contributed by atoms with Gasteiger partial charge in [-0.2, -0.15) is 0 Å². The van der Waals surface area contributed by atoms with Crippen LogP contribution in [0.3, 0.4) is 0 Å². The third-order valence-corrected chi connectivity index (χ3v) is 6.15. The summed E-state index contributed by atoms with van der Waals surface area (Å²) in [5, 5.41) is 1.94. The van der Waals surface area contributed by atoms with E-state index in [2.05, 4.69) is 4.98 Å². The van der Waals surface area contributed by atoms with Crippen LogP contribution in [0, 0.1) is 19.3 Å². The van der Waals surface area contributed by atoms with Crippen molar-refractivity contribution in [2.45, 2.75) is 53.5 Å². The maximum atomic E-state index is 13.4. The highest BCUT2D eigenvalue weighted by atomic mass is 16.7. The molecular weight excluding hydrogens is 434 g/mol. The Morgan fingerprint density at radius 2 is 1.82 bits per heavy atom. The van der Waals surface area contributed by atoms with Crippen LogP contribution in [-0.2, 0) is 16.1 Å². The molecule has 8 heteroatoms. The van der Waals surface area contributed by atoms with Crippen LogP contribution in [0.1, 0.15) is 66.1 Å². The molecule has 0 bridgehead atoms. The molecule has 0 N–H and O–H groups in total. The zero-order valence-corrected chi connectivity index (χ0v) is 20.3. The van der Waals surface area contributed by atoms with Gasteiger partial charge in [0, 0.05) is 7.05 Å². The summed E-state index contributed by atoms with van der Waals surface area (Å²) < 4.78 is 0.971. The average Bonchev–Trinajstić information content (AvgIpc) is 3.20. The molecule has 1 heterocycles. The lowest BCUT2D eigenvalue weighted by molar-refractivity contribution is -0.154. The van der Waals surface area contributed by atoms with Gasteiger partial charge in [-0.05, 0) is 82.3 Å². The number of aromatic nitrogens is 2. The standard InChI is InChI=1S/C26H29N3O5/c1-15-21-18(12-13-20(21)28(6)33-24(31)17-10-8-7-9-11-17)14-19-22(15)23(30)29(16(2)27-19)34-25(32)26(3,4)5/h7-11,14,20H,12-13H2,1-6H3. The van der Waals surface area contributed by atoms with E-state index in [0.29, 0.717) is 22.3 Å². The Hall–Kier alpha value is -3.52. The number of hydroxylamine groups is 2. The third kappa shape index (κ3) is 4.21. The monoisotopic (exact) mass is 463 g/mol. The van der Waals surface area contributed by atoms with E-state index in [1.165, 1.54) is 0 Å². The van der Waals surface area contributed by atoms with Gasteiger partial charge in [0.2, 0.25) is 0 Å². The molecule has 1 unspecified atom stereocenters. The molecule has 1 aromatic heterocycles. The number of nitrogens with zero attached hydrogens (tertiary/aromatic N) is 3. The minimum absolute atomic E-state index is 0.210. The van der Waals surface area contributed by atoms with Crippen molar-refractivity contribution in [2.75, 3.05) is 7.05 Å². The summed E-state index contributed by atoms with van der Waals surface area (Å²) >= 11 is 0. The molecule has 3 aromatic rings. The van der Waals surface area contributed by atoms with Crippen LogP contribution in [-0.4, -0.2) is 33.8 Å². The maximum Gasteiger partial charge on any atom is 0.357 e. The van der Waals surface area contributed by atoms with Gasteiger partial charge in [-0.15, -0.1) is 9.79 Å². The summed E-state index contributed by atoms with van der Waals surface area (Å²) in [6.07, 6.45) is 1.50. The Kier molecular flexibility index (Phi) is 6.03. The van der Waals surface area contributed by atoms with Gasteiger partial charge in [-0.3, -0.25) is 4.79 Å². The van der Waals surface area contributed by atoms with Gasteiger partial charge >= 0.3 is 11.9 Å². The summed E-state index contributed by atoms with van der Waals surface area (Å²) in [7, 11) is 1.72. The van der Waals surface area contributed by atoms with E-state index in [1.807, 2.05) is 19.1 Å². The van der Waals surface area contributed by atoms with Crippen LogP contribution in [0.2, 0.25) is 0 Å². The Morgan fingerprint density at radius 3 is 2.47 bits per heavy atom. The van der Waals surface area contributed by atoms with E-state index in [0.717, 1.165) is 34.3 Å². The van der Waals surface area contributed by atoms with Gasteiger partial charge in [0.15, 0.2) is 0 Å². The van der Waals surface area contributed by atoms with E-state index in [-0.39, 0.29) is 6.04 Å². The van der Waals surface area contributed by atoms with Crippen LogP contribution in [0.4, 0.5) is 0 Å². The number of carbonyl (C=O) groups excluding carboxylic acids is 2.